The Kier molecular flexibility index (Phi) is 8.03. The topological polar surface area (TPSA) is 18.5 Å². The molecule has 0 N–H and O–H groups in total. The molecule has 2 nitrogen and oxygen atoms in total. The van der Waals surface area contributed by atoms with E-state index in [4.69, 9.17) is 9.47 Å². The summed E-state index contributed by atoms with van der Waals surface area (Å²) >= 11 is 0. The average molecular weight is 413 g/mol. The van der Waals surface area contributed by atoms with Crippen molar-refractivity contribution in [2.45, 2.75) is 89.7 Å². The Bertz CT molecular complexity index is 603. The summed E-state index contributed by atoms with van der Waals surface area (Å²) < 4.78 is 53.6. The molecule has 29 heavy (non-hydrogen) atoms. The number of rotatable bonds is 8. The molecule has 2 aliphatic carbocycles. The van der Waals surface area contributed by atoms with Crippen molar-refractivity contribution in [3.05, 3.63) is 35.9 Å². The quantitative estimate of drug-likeness (QED) is 0.463. The van der Waals surface area contributed by atoms with E-state index in [1.807, 2.05) is 37.3 Å². The number of benzene rings is 1. The maximum Gasteiger partial charge on any atom is 0.345 e. The average Bonchev–Trinajstić information content (AvgIpc) is 2.72. The smallest absolute Gasteiger partial charge is 0.345 e. The predicted molar refractivity (Wildman–Crippen MR) is 109 cm³/mol. The van der Waals surface area contributed by atoms with Gasteiger partial charge in [-0.25, -0.2) is 4.39 Å². The zero-order valence-electron chi connectivity index (χ0n) is 17.7. The summed E-state index contributed by atoms with van der Waals surface area (Å²) in [4.78, 5) is 0. The molecule has 164 valence electrons. The summed E-state index contributed by atoms with van der Waals surface area (Å²) in [6.07, 6.45) is 5.03. The Morgan fingerprint density at radius 1 is 1.03 bits per heavy atom. The van der Waals surface area contributed by atoms with Gasteiger partial charge in [0.25, 0.3) is 0 Å². The normalized spacial score (nSPS) is 35.7. The third-order valence-electron chi connectivity index (χ3n) is 7.11. The molecule has 4 atom stereocenters. The third-order valence-corrected chi connectivity index (χ3v) is 7.11. The van der Waals surface area contributed by atoms with Gasteiger partial charge in [-0.1, -0.05) is 62.9 Å². The van der Waals surface area contributed by atoms with Crippen LogP contribution in [-0.4, -0.2) is 25.5 Å². The standard InChI is InChI=1S/C24H35F3O2/c1-3-8-17-11-13-18(14-12-17)20-15-16-24(28-4-2,19-9-6-5-7-10-19)22(21(20)25)29-23(26)27/h5-7,9-10,17-18,20-23H,3-4,8,11-16H2,1-2H3. The van der Waals surface area contributed by atoms with Crippen LogP contribution in [0.2, 0.25) is 0 Å². The maximum atomic E-state index is 15.9. The lowest BCUT2D eigenvalue weighted by atomic mass is 9.64. The molecule has 1 aromatic carbocycles. The maximum absolute atomic E-state index is 15.9. The van der Waals surface area contributed by atoms with Gasteiger partial charge in [0.2, 0.25) is 0 Å². The second-order valence-corrected chi connectivity index (χ2v) is 8.72. The first kappa shape index (κ1) is 22.6. The molecule has 0 bridgehead atoms. The van der Waals surface area contributed by atoms with Crippen LogP contribution in [0.4, 0.5) is 13.2 Å². The summed E-state index contributed by atoms with van der Waals surface area (Å²) in [5, 5.41) is 0. The van der Waals surface area contributed by atoms with Crippen LogP contribution in [0.3, 0.4) is 0 Å². The first-order valence-electron chi connectivity index (χ1n) is 11.3. The highest BCUT2D eigenvalue weighted by Gasteiger charge is 2.55. The second kappa shape index (κ2) is 10.3. The van der Waals surface area contributed by atoms with Gasteiger partial charge in [-0.15, -0.1) is 0 Å². The number of halogens is 3. The largest absolute Gasteiger partial charge is 0.368 e. The highest BCUT2D eigenvalue weighted by atomic mass is 19.3. The molecule has 2 aliphatic rings. The number of hydrogen-bond donors (Lipinski definition) is 0. The lowest BCUT2D eigenvalue weighted by molar-refractivity contribution is -0.269. The fourth-order valence-corrected chi connectivity index (χ4v) is 5.79. The van der Waals surface area contributed by atoms with Gasteiger partial charge >= 0.3 is 6.61 Å². The Hall–Kier alpha value is -1.07. The van der Waals surface area contributed by atoms with E-state index in [9.17, 15) is 8.78 Å². The van der Waals surface area contributed by atoms with Crippen molar-refractivity contribution in [3.63, 3.8) is 0 Å². The molecule has 0 spiro atoms. The van der Waals surface area contributed by atoms with Crippen LogP contribution in [0.1, 0.15) is 70.8 Å². The molecule has 0 aromatic heterocycles. The van der Waals surface area contributed by atoms with Crippen molar-refractivity contribution in [1.29, 1.82) is 0 Å². The number of alkyl halides is 3. The van der Waals surface area contributed by atoms with E-state index >= 15 is 4.39 Å². The summed E-state index contributed by atoms with van der Waals surface area (Å²) in [6, 6.07) is 9.20. The van der Waals surface area contributed by atoms with Gasteiger partial charge in [-0.3, -0.25) is 0 Å². The van der Waals surface area contributed by atoms with Crippen molar-refractivity contribution >= 4 is 0 Å². The van der Waals surface area contributed by atoms with Crippen LogP contribution in [-0.2, 0) is 15.1 Å². The van der Waals surface area contributed by atoms with Gasteiger partial charge < -0.3 is 9.47 Å². The lowest BCUT2D eigenvalue weighted by Crippen LogP contribution is -2.56. The third kappa shape index (κ3) is 4.99. The van der Waals surface area contributed by atoms with Crippen LogP contribution >= 0.6 is 0 Å². The zero-order chi connectivity index (χ0) is 20.9. The van der Waals surface area contributed by atoms with Gasteiger partial charge in [-0.2, -0.15) is 8.78 Å². The summed E-state index contributed by atoms with van der Waals surface area (Å²) in [7, 11) is 0. The molecular formula is C24H35F3O2. The molecule has 4 unspecified atom stereocenters. The zero-order valence-corrected chi connectivity index (χ0v) is 17.7. The number of ether oxygens (including phenoxy) is 2. The minimum absolute atomic E-state index is 0.237. The van der Waals surface area contributed by atoms with Gasteiger partial charge in [0.05, 0.1) is 0 Å². The van der Waals surface area contributed by atoms with Crippen molar-refractivity contribution in [2.75, 3.05) is 6.61 Å². The molecule has 0 aliphatic heterocycles. The highest BCUT2D eigenvalue weighted by Crippen LogP contribution is 2.50. The molecule has 2 saturated carbocycles. The van der Waals surface area contributed by atoms with Gasteiger partial charge in [0.1, 0.15) is 17.9 Å². The van der Waals surface area contributed by atoms with E-state index in [1.54, 1.807) is 0 Å². The summed E-state index contributed by atoms with van der Waals surface area (Å²) in [5.74, 6) is 0.744. The summed E-state index contributed by atoms with van der Waals surface area (Å²) in [5.41, 5.74) is -0.442. The van der Waals surface area contributed by atoms with Crippen molar-refractivity contribution in [3.8, 4) is 0 Å². The van der Waals surface area contributed by atoms with Crippen LogP contribution in [0.5, 0.6) is 0 Å². The van der Waals surface area contributed by atoms with Crippen molar-refractivity contribution < 1.29 is 22.6 Å². The fraction of sp³-hybridized carbons (Fsp3) is 0.750. The molecule has 0 radical (unpaired) electrons. The Balaban J connectivity index is 1.83. The van der Waals surface area contributed by atoms with E-state index < -0.39 is 24.5 Å². The molecule has 0 saturated heterocycles. The van der Waals surface area contributed by atoms with Crippen LogP contribution in [0.25, 0.3) is 0 Å². The SMILES string of the molecule is CCCC1CCC(C2CCC(OCC)(c3ccccc3)C(OC(F)F)C2F)CC1. The molecule has 5 heteroatoms. The molecule has 0 heterocycles. The lowest BCUT2D eigenvalue weighted by Gasteiger charge is -2.50. The van der Waals surface area contributed by atoms with E-state index in [0.29, 0.717) is 19.4 Å². The summed E-state index contributed by atoms with van der Waals surface area (Å²) in [6.45, 7) is 1.31. The van der Waals surface area contributed by atoms with Gasteiger partial charge in [0, 0.05) is 6.61 Å². The number of hydrogen-bond acceptors (Lipinski definition) is 2. The van der Waals surface area contributed by atoms with Crippen LogP contribution < -0.4 is 0 Å². The fourth-order valence-electron chi connectivity index (χ4n) is 5.79. The molecule has 1 aromatic rings. The Morgan fingerprint density at radius 2 is 1.72 bits per heavy atom. The van der Waals surface area contributed by atoms with Crippen molar-refractivity contribution in [2.24, 2.45) is 17.8 Å². The van der Waals surface area contributed by atoms with Crippen LogP contribution in [0, 0.1) is 17.8 Å². The molecular weight excluding hydrogens is 377 g/mol. The molecule has 3 rings (SSSR count). The Morgan fingerprint density at radius 3 is 2.31 bits per heavy atom. The minimum Gasteiger partial charge on any atom is -0.368 e. The molecule has 2 fully saturated rings. The van der Waals surface area contributed by atoms with E-state index in [2.05, 4.69) is 6.92 Å². The second-order valence-electron chi connectivity index (χ2n) is 8.72. The van der Waals surface area contributed by atoms with E-state index in [0.717, 1.165) is 37.2 Å². The predicted octanol–water partition coefficient (Wildman–Crippen LogP) is 6.88. The molecule has 0 amide bonds. The van der Waals surface area contributed by atoms with Crippen LogP contribution in [0.15, 0.2) is 30.3 Å². The Labute approximate surface area is 173 Å². The van der Waals surface area contributed by atoms with Gasteiger partial charge in [0.15, 0.2) is 0 Å². The van der Waals surface area contributed by atoms with Gasteiger partial charge in [-0.05, 0) is 55.9 Å². The highest BCUT2D eigenvalue weighted by molar-refractivity contribution is 5.26. The first-order valence-corrected chi connectivity index (χ1v) is 11.3. The first-order chi connectivity index (χ1) is 14.0. The van der Waals surface area contributed by atoms with E-state index in [-0.39, 0.29) is 11.8 Å². The minimum atomic E-state index is -3.03. The monoisotopic (exact) mass is 412 g/mol. The van der Waals surface area contributed by atoms with Crippen molar-refractivity contribution in [1.82, 2.24) is 0 Å². The van der Waals surface area contributed by atoms with E-state index in [1.165, 1.54) is 12.8 Å².